The molecule has 0 fully saturated rings. The fourth-order valence-electron chi connectivity index (χ4n) is 3.07. The first kappa shape index (κ1) is 14.7. The van der Waals surface area contributed by atoms with E-state index in [1.165, 1.54) is 10.4 Å². The second-order valence-corrected chi connectivity index (χ2v) is 6.68. The average molecular weight is 329 g/mol. The predicted molar refractivity (Wildman–Crippen MR) is 97.2 cm³/mol. The second kappa shape index (κ2) is 5.95. The van der Waals surface area contributed by atoms with Gasteiger partial charge >= 0.3 is 0 Å². The quantitative estimate of drug-likeness (QED) is 0.792. The molecule has 3 aromatic rings. The summed E-state index contributed by atoms with van der Waals surface area (Å²) < 4.78 is 0. The van der Waals surface area contributed by atoms with E-state index in [1.807, 2.05) is 30.3 Å². The molecule has 1 aliphatic heterocycles. The first-order chi connectivity index (χ1) is 11.8. The molecule has 1 aliphatic rings. The van der Waals surface area contributed by atoms with Gasteiger partial charge in [-0.25, -0.2) is 0 Å². The molecule has 2 heterocycles. The Hall–Kier alpha value is -2.90. The summed E-state index contributed by atoms with van der Waals surface area (Å²) in [5, 5.41) is 14.9. The van der Waals surface area contributed by atoms with Crippen LogP contribution in [0.15, 0.2) is 77.1 Å². The van der Waals surface area contributed by atoms with Gasteiger partial charge in [0.25, 0.3) is 0 Å². The maximum absolute atomic E-state index is 9.13. The minimum atomic E-state index is -0.340. The molecule has 24 heavy (non-hydrogen) atoms. The normalized spacial score (nSPS) is 19.4. The SMILES string of the molecule is N#Cc1cccc(C2=NCC(c3ccccc3)(c3cccs3)N2)c1. The summed E-state index contributed by atoms with van der Waals surface area (Å²) in [4.78, 5) is 6.01. The Balaban J connectivity index is 1.76. The van der Waals surface area contributed by atoms with Crippen molar-refractivity contribution in [1.82, 2.24) is 5.32 Å². The third-order valence-corrected chi connectivity index (χ3v) is 5.31. The van der Waals surface area contributed by atoms with E-state index in [1.54, 1.807) is 11.3 Å². The van der Waals surface area contributed by atoms with Gasteiger partial charge < -0.3 is 5.32 Å². The number of amidine groups is 1. The van der Waals surface area contributed by atoms with Gasteiger partial charge in [-0.15, -0.1) is 11.3 Å². The first-order valence-electron chi connectivity index (χ1n) is 7.74. The predicted octanol–water partition coefficient (Wildman–Crippen LogP) is 3.91. The Labute approximate surface area is 144 Å². The molecular formula is C20H15N3S. The van der Waals surface area contributed by atoms with Crippen molar-refractivity contribution in [2.75, 3.05) is 6.54 Å². The number of hydrogen-bond acceptors (Lipinski definition) is 4. The lowest BCUT2D eigenvalue weighted by Gasteiger charge is -2.29. The van der Waals surface area contributed by atoms with Crippen LogP contribution in [0, 0.1) is 11.3 Å². The molecule has 0 saturated heterocycles. The van der Waals surface area contributed by atoms with Crippen molar-refractivity contribution in [1.29, 1.82) is 5.26 Å². The van der Waals surface area contributed by atoms with E-state index in [0.29, 0.717) is 12.1 Å². The van der Waals surface area contributed by atoms with E-state index < -0.39 is 0 Å². The number of nitrogens with zero attached hydrogens (tertiary/aromatic N) is 2. The Kier molecular flexibility index (Phi) is 3.64. The molecule has 2 aromatic carbocycles. The molecule has 0 bridgehead atoms. The van der Waals surface area contributed by atoms with Crippen molar-refractivity contribution in [3.63, 3.8) is 0 Å². The van der Waals surface area contributed by atoms with Crippen LogP contribution in [-0.2, 0) is 5.54 Å². The van der Waals surface area contributed by atoms with E-state index in [-0.39, 0.29) is 5.54 Å². The van der Waals surface area contributed by atoms with Gasteiger partial charge in [0.05, 0.1) is 18.2 Å². The molecule has 0 spiro atoms. The molecule has 3 nitrogen and oxygen atoms in total. The van der Waals surface area contributed by atoms with Crippen LogP contribution in [0.5, 0.6) is 0 Å². The molecule has 0 radical (unpaired) electrons. The van der Waals surface area contributed by atoms with Gasteiger partial charge in [-0.2, -0.15) is 5.26 Å². The molecule has 4 heteroatoms. The molecule has 0 aliphatic carbocycles. The third kappa shape index (κ3) is 2.40. The van der Waals surface area contributed by atoms with Crippen molar-refractivity contribution in [3.05, 3.63) is 93.7 Å². The zero-order valence-electron chi connectivity index (χ0n) is 12.9. The second-order valence-electron chi connectivity index (χ2n) is 5.73. The number of nitriles is 1. The first-order valence-corrected chi connectivity index (χ1v) is 8.62. The molecular weight excluding hydrogens is 314 g/mol. The minimum Gasteiger partial charge on any atom is -0.354 e. The van der Waals surface area contributed by atoms with Crippen LogP contribution in [0.2, 0.25) is 0 Å². The average Bonchev–Trinajstić information content (AvgIpc) is 3.33. The number of thiophene rings is 1. The van der Waals surface area contributed by atoms with Crippen LogP contribution < -0.4 is 5.32 Å². The van der Waals surface area contributed by atoms with Crippen molar-refractivity contribution >= 4 is 17.2 Å². The molecule has 4 rings (SSSR count). The zero-order chi connectivity index (χ0) is 16.4. The van der Waals surface area contributed by atoms with E-state index in [2.05, 4.69) is 53.2 Å². The monoisotopic (exact) mass is 329 g/mol. The van der Waals surface area contributed by atoms with Crippen LogP contribution >= 0.6 is 11.3 Å². The van der Waals surface area contributed by atoms with Crippen LogP contribution in [0.4, 0.5) is 0 Å². The molecule has 1 unspecified atom stereocenters. The smallest absolute Gasteiger partial charge is 0.129 e. The third-order valence-electron chi connectivity index (χ3n) is 4.28. The van der Waals surface area contributed by atoms with E-state index in [4.69, 9.17) is 10.3 Å². The highest BCUT2D eigenvalue weighted by Gasteiger charge is 2.40. The Morgan fingerprint density at radius 3 is 2.67 bits per heavy atom. The van der Waals surface area contributed by atoms with Crippen molar-refractivity contribution in [2.24, 2.45) is 4.99 Å². The Bertz CT molecular complexity index is 923. The lowest BCUT2D eigenvalue weighted by molar-refractivity contribution is 0.535. The van der Waals surface area contributed by atoms with Crippen LogP contribution in [0.3, 0.4) is 0 Å². The largest absolute Gasteiger partial charge is 0.354 e. The van der Waals surface area contributed by atoms with Gasteiger partial charge in [0.15, 0.2) is 0 Å². The highest BCUT2D eigenvalue weighted by molar-refractivity contribution is 7.10. The summed E-state index contributed by atoms with van der Waals surface area (Å²) in [6.07, 6.45) is 0. The van der Waals surface area contributed by atoms with Gasteiger partial charge in [0.2, 0.25) is 0 Å². The summed E-state index contributed by atoms with van der Waals surface area (Å²) in [5.41, 5.74) is 2.45. The van der Waals surface area contributed by atoms with Gasteiger partial charge in [-0.05, 0) is 29.1 Å². The highest BCUT2D eigenvalue weighted by atomic mass is 32.1. The number of rotatable bonds is 3. The standard InChI is InChI=1S/C20H15N3S/c21-13-15-6-4-7-16(12-15)19-22-14-20(23-19,18-10-5-11-24-18)17-8-2-1-3-9-17/h1-12H,14H2,(H,22,23). The molecule has 116 valence electrons. The van der Waals surface area contributed by atoms with Gasteiger partial charge in [0.1, 0.15) is 11.4 Å². The summed E-state index contributed by atoms with van der Waals surface area (Å²) in [6, 6.07) is 24.4. The summed E-state index contributed by atoms with van der Waals surface area (Å²) >= 11 is 1.73. The van der Waals surface area contributed by atoms with Gasteiger partial charge in [-0.3, -0.25) is 4.99 Å². The fourth-order valence-corrected chi connectivity index (χ4v) is 3.96. The molecule has 0 amide bonds. The summed E-state index contributed by atoms with van der Waals surface area (Å²) in [6.45, 7) is 0.643. The maximum atomic E-state index is 9.13. The minimum absolute atomic E-state index is 0.340. The van der Waals surface area contributed by atoms with Gasteiger partial charge in [0, 0.05) is 10.4 Å². The van der Waals surface area contributed by atoms with Crippen molar-refractivity contribution in [3.8, 4) is 6.07 Å². The topological polar surface area (TPSA) is 48.2 Å². The Morgan fingerprint density at radius 2 is 1.92 bits per heavy atom. The Morgan fingerprint density at radius 1 is 1.04 bits per heavy atom. The van der Waals surface area contributed by atoms with Crippen LogP contribution in [0.25, 0.3) is 0 Å². The van der Waals surface area contributed by atoms with Crippen molar-refractivity contribution in [2.45, 2.75) is 5.54 Å². The van der Waals surface area contributed by atoms with Crippen LogP contribution in [0.1, 0.15) is 21.6 Å². The summed E-state index contributed by atoms with van der Waals surface area (Å²) in [7, 11) is 0. The number of nitrogens with one attached hydrogen (secondary N) is 1. The lowest BCUT2D eigenvalue weighted by Crippen LogP contribution is -2.43. The summed E-state index contributed by atoms with van der Waals surface area (Å²) in [5.74, 6) is 0.837. The number of hydrogen-bond donors (Lipinski definition) is 1. The van der Waals surface area contributed by atoms with Crippen molar-refractivity contribution < 1.29 is 0 Å². The number of benzene rings is 2. The van der Waals surface area contributed by atoms with Crippen LogP contribution in [-0.4, -0.2) is 12.4 Å². The van der Waals surface area contributed by atoms with E-state index >= 15 is 0 Å². The molecule has 1 aromatic heterocycles. The number of aliphatic imine (C=N–C) groups is 1. The molecule has 0 saturated carbocycles. The van der Waals surface area contributed by atoms with Gasteiger partial charge in [-0.1, -0.05) is 48.5 Å². The lowest BCUT2D eigenvalue weighted by atomic mass is 9.89. The highest BCUT2D eigenvalue weighted by Crippen LogP contribution is 2.36. The van der Waals surface area contributed by atoms with E-state index in [9.17, 15) is 0 Å². The fraction of sp³-hybridized carbons (Fsp3) is 0.100. The van der Waals surface area contributed by atoms with E-state index in [0.717, 1.165) is 11.4 Å². The zero-order valence-corrected chi connectivity index (χ0v) is 13.8. The molecule has 1 atom stereocenters. The maximum Gasteiger partial charge on any atom is 0.129 e. The molecule has 1 N–H and O–H groups in total.